The van der Waals surface area contributed by atoms with Crippen LogP contribution in [-0.2, 0) is 16.0 Å². The third-order valence-electron chi connectivity index (χ3n) is 12.5. The predicted molar refractivity (Wildman–Crippen MR) is 245 cm³/mol. The zero-order chi connectivity index (χ0) is 42.8. The van der Waals surface area contributed by atoms with Crippen molar-refractivity contribution in [2.45, 2.75) is 51.9 Å². The Morgan fingerprint density at radius 2 is 1.47 bits per heavy atom. The Balaban J connectivity index is 0.775. The van der Waals surface area contributed by atoms with E-state index in [1.807, 2.05) is 39.7 Å². The normalized spacial score (nSPS) is 16.6. The number of aliphatic hydroxyl groups is 1. The molecule has 4 amide bonds. The first-order chi connectivity index (χ1) is 30.3. The van der Waals surface area contributed by atoms with Gasteiger partial charge < -0.3 is 20.2 Å². The van der Waals surface area contributed by atoms with E-state index in [2.05, 4.69) is 86.9 Å². The summed E-state index contributed by atoms with van der Waals surface area (Å²) in [5, 5.41) is 20.1. The summed E-state index contributed by atoms with van der Waals surface area (Å²) in [4.78, 5) is 52.5. The van der Waals surface area contributed by atoms with Crippen molar-refractivity contribution >= 4 is 40.7 Å². The number of benzene rings is 3. The van der Waals surface area contributed by atoms with Crippen molar-refractivity contribution in [2.75, 3.05) is 100 Å². The molecular formula is C48H60N10O4. The molecule has 0 atom stereocenters. The summed E-state index contributed by atoms with van der Waals surface area (Å²) >= 11 is 0. The first-order valence-corrected chi connectivity index (χ1v) is 22.4. The summed E-state index contributed by atoms with van der Waals surface area (Å²) < 4.78 is 2.03. The van der Waals surface area contributed by atoms with Crippen molar-refractivity contribution in [2.24, 2.45) is 0 Å². The third kappa shape index (κ3) is 10.4. The van der Waals surface area contributed by atoms with E-state index in [-0.39, 0.29) is 31.4 Å². The van der Waals surface area contributed by atoms with E-state index in [9.17, 15) is 19.5 Å². The first-order valence-electron chi connectivity index (χ1n) is 22.4. The number of aromatic nitrogens is 3. The van der Waals surface area contributed by atoms with Crippen LogP contribution in [0.4, 0.5) is 22.0 Å². The van der Waals surface area contributed by atoms with E-state index < -0.39 is 6.03 Å². The Labute approximate surface area is 364 Å². The fraction of sp³-hybridized carbons (Fsp3) is 0.438. The standard InChI is InChI=1S/C48H60N10O4/c1-36-46(38-13-7-5-8-14-38)47-50-42(34-44(58(47)52-36)55-27-23-54(24-28-55)31-32-59)39-15-10-12-37(33-39)11-6-3-2-4-9-21-53-25-29-56(30-26-53)45(61)35-49-40-16-18-41(19-17-40)57-22-20-43(60)51-48(57)62/h5,7-8,10,12-19,33-34,49,59H,2-4,6,9,11,20-32,35H2,1H3,(H,51,60,62). The molecule has 3 aliphatic rings. The molecule has 0 unspecified atom stereocenters. The third-order valence-corrected chi connectivity index (χ3v) is 12.5. The van der Waals surface area contributed by atoms with Gasteiger partial charge in [-0.2, -0.15) is 9.61 Å². The Morgan fingerprint density at radius 3 is 2.23 bits per heavy atom. The van der Waals surface area contributed by atoms with Gasteiger partial charge in [0.15, 0.2) is 5.65 Å². The number of hydrogen-bond donors (Lipinski definition) is 3. The summed E-state index contributed by atoms with van der Waals surface area (Å²) in [6, 6.07) is 28.5. The smallest absolute Gasteiger partial charge is 0.328 e. The van der Waals surface area contributed by atoms with Gasteiger partial charge in [0.2, 0.25) is 11.8 Å². The highest BCUT2D eigenvalue weighted by Crippen LogP contribution is 2.33. The number of rotatable bonds is 17. The molecule has 5 heterocycles. The van der Waals surface area contributed by atoms with Crippen LogP contribution in [-0.4, -0.2) is 137 Å². The van der Waals surface area contributed by atoms with Gasteiger partial charge in [0.1, 0.15) is 5.82 Å². The van der Waals surface area contributed by atoms with Crippen molar-refractivity contribution < 1.29 is 19.5 Å². The van der Waals surface area contributed by atoms with Crippen LogP contribution in [0.1, 0.15) is 49.8 Å². The molecule has 14 heteroatoms. The molecule has 3 aromatic carbocycles. The summed E-state index contributed by atoms with van der Waals surface area (Å²) in [6.45, 7) is 11.4. The first kappa shape index (κ1) is 42.8. The molecule has 5 aromatic rings. The van der Waals surface area contributed by atoms with Crippen molar-refractivity contribution in [1.82, 2.24) is 34.6 Å². The summed E-state index contributed by atoms with van der Waals surface area (Å²) in [5.74, 6) is 0.889. The van der Waals surface area contributed by atoms with E-state index >= 15 is 0 Å². The zero-order valence-electron chi connectivity index (χ0n) is 36.0. The van der Waals surface area contributed by atoms with Crippen molar-refractivity contribution in [3.05, 3.63) is 96.2 Å². The number of amides is 4. The van der Waals surface area contributed by atoms with Crippen LogP contribution in [0.5, 0.6) is 0 Å². The highest BCUT2D eigenvalue weighted by atomic mass is 16.3. The number of carbonyl (C=O) groups excluding carboxylic acids is 3. The number of aliphatic hydroxyl groups excluding tert-OH is 1. The molecular weight excluding hydrogens is 781 g/mol. The van der Waals surface area contributed by atoms with Crippen LogP contribution in [0.2, 0.25) is 0 Å². The summed E-state index contributed by atoms with van der Waals surface area (Å²) in [6.07, 6.45) is 7.25. The number of piperazine rings is 2. The molecule has 3 aliphatic heterocycles. The fourth-order valence-electron chi connectivity index (χ4n) is 8.93. The van der Waals surface area contributed by atoms with Crippen molar-refractivity contribution in [1.29, 1.82) is 0 Å². The van der Waals surface area contributed by atoms with Crippen molar-refractivity contribution in [3.63, 3.8) is 0 Å². The largest absolute Gasteiger partial charge is 0.395 e. The van der Waals surface area contributed by atoms with E-state index in [4.69, 9.17) is 10.1 Å². The van der Waals surface area contributed by atoms with Crippen LogP contribution >= 0.6 is 0 Å². The van der Waals surface area contributed by atoms with Gasteiger partial charge in [0, 0.05) is 100 Å². The molecule has 3 N–H and O–H groups in total. The van der Waals surface area contributed by atoms with Gasteiger partial charge >= 0.3 is 6.03 Å². The molecule has 2 aromatic heterocycles. The maximum absolute atomic E-state index is 13.0. The molecule has 3 fully saturated rings. The number of imide groups is 1. The predicted octanol–water partition coefficient (Wildman–Crippen LogP) is 5.68. The van der Waals surface area contributed by atoms with Gasteiger partial charge in [-0.3, -0.25) is 29.6 Å². The number of nitrogens with zero attached hydrogens (tertiary/aromatic N) is 8. The van der Waals surface area contributed by atoms with Crippen molar-refractivity contribution in [3.8, 4) is 22.4 Å². The zero-order valence-corrected chi connectivity index (χ0v) is 36.0. The van der Waals surface area contributed by atoms with Crippen LogP contribution in [0.3, 0.4) is 0 Å². The van der Waals surface area contributed by atoms with Gasteiger partial charge in [-0.1, -0.05) is 67.8 Å². The number of β-amino-alcohol motifs (C(OH)–C–C–N with tert-alkyl or cyclic N) is 1. The fourth-order valence-corrected chi connectivity index (χ4v) is 8.93. The second-order valence-corrected chi connectivity index (χ2v) is 16.7. The van der Waals surface area contributed by atoms with Gasteiger partial charge in [0.25, 0.3) is 0 Å². The highest BCUT2D eigenvalue weighted by molar-refractivity contribution is 6.05. The number of urea groups is 1. The average Bonchev–Trinajstić information content (AvgIpc) is 3.64. The molecule has 3 saturated heterocycles. The summed E-state index contributed by atoms with van der Waals surface area (Å²) in [5.41, 5.74) is 8.96. The molecule has 8 rings (SSSR count). The Hall–Kier alpha value is -5.83. The number of aryl methyl sites for hydroxylation is 2. The number of unbranched alkanes of at least 4 members (excludes halogenated alkanes) is 4. The average molecular weight is 841 g/mol. The number of hydrogen-bond acceptors (Lipinski definition) is 10. The van der Waals surface area contributed by atoms with Crippen LogP contribution in [0.15, 0.2) is 84.9 Å². The van der Waals surface area contributed by atoms with E-state index in [1.165, 1.54) is 31.2 Å². The number of nitrogens with one attached hydrogen (secondary N) is 2. The number of anilines is 3. The molecule has 0 saturated carbocycles. The highest BCUT2D eigenvalue weighted by Gasteiger charge is 2.26. The lowest BCUT2D eigenvalue weighted by atomic mass is 10.0. The number of carbonyl (C=O) groups is 3. The minimum atomic E-state index is -0.408. The molecule has 14 nitrogen and oxygen atoms in total. The topological polar surface area (TPSA) is 142 Å². The van der Waals surface area contributed by atoms with E-state index in [1.54, 1.807) is 4.90 Å². The maximum atomic E-state index is 13.0. The lowest BCUT2D eigenvalue weighted by molar-refractivity contribution is -0.131. The minimum Gasteiger partial charge on any atom is -0.395 e. The Morgan fingerprint density at radius 1 is 0.758 bits per heavy atom. The summed E-state index contributed by atoms with van der Waals surface area (Å²) in [7, 11) is 0. The lowest BCUT2D eigenvalue weighted by Crippen LogP contribution is -2.50. The molecule has 0 bridgehead atoms. The van der Waals surface area contributed by atoms with Crippen LogP contribution in [0, 0.1) is 6.92 Å². The van der Waals surface area contributed by atoms with E-state index in [0.29, 0.717) is 18.8 Å². The molecule has 0 spiro atoms. The van der Waals surface area contributed by atoms with Gasteiger partial charge in [-0.15, -0.1) is 0 Å². The monoisotopic (exact) mass is 840 g/mol. The molecule has 62 heavy (non-hydrogen) atoms. The van der Waals surface area contributed by atoms with Gasteiger partial charge in [-0.05, 0) is 74.2 Å². The quantitative estimate of drug-likeness (QED) is 0.100. The number of fused-ring (bicyclic) bond motifs is 1. The molecule has 0 radical (unpaired) electrons. The lowest BCUT2D eigenvalue weighted by Gasteiger charge is -2.35. The second-order valence-electron chi connectivity index (χ2n) is 16.7. The second kappa shape index (κ2) is 20.4. The minimum absolute atomic E-state index is 0.0883. The van der Waals surface area contributed by atoms with Crippen LogP contribution in [0.25, 0.3) is 28.0 Å². The Kier molecular flexibility index (Phi) is 14.1. The molecule has 0 aliphatic carbocycles. The van der Waals surface area contributed by atoms with Gasteiger partial charge in [-0.25, -0.2) is 9.78 Å². The molecule has 326 valence electrons. The van der Waals surface area contributed by atoms with Crippen LogP contribution < -0.4 is 20.4 Å². The van der Waals surface area contributed by atoms with Gasteiger partial charge in [0.05, 0.1) is 24.5 Å². The Bertz CT molecular complexity index is 2300. The maximum Gasteiger partial charge on any atom is 0.328 e. The SMILES string of the molecule is Cc1nn2c(N3CCN(CCO)CC3)cc(-c3cccc(CCCCCCCN4CCN(C(=O)CNc5ccc(N6CCC(=O)NC6=O)cc5)CC4)c3)nc2c1-c1ccccc1. The van der Waals surface area contributed by atoms with E-state index in [0.717, 1.165) is 117 Å².